The first-order chi connectivity index (χ1) is 33.8. The van der Waals surface area contributed by atoms with Crippen LogP contribution >= 0.6 is 0 Å². The number of β-lactam (4-membered cyclic amide) rings is 1. The van der Waals surface area contributed by atoms with Crippen LogP contribution in [0, 0.1) is 11.8 Å². The van der Waals surface area contributed by atoms with Gasteiger partial charge in [0.15, 0.2) is 18.2 Å². The van der Waals surface area contributed by atoms with E-state index in [1.807, 2.05) is 49.4 Å². The summed E-state index contributed by atoms with van der Waals surface area (Å²) in [5.74, 6) is -4.50. The number of amides is 5. The van der Waals surface area contributed by atoms with Crippen molar-refractivity contribution in [3.8, 4) is 11.1 Å². The number of esters is 1. The fraction of sp³-hybridized carbons (Fsp3) is 0.519. The maximum Gasteiger partial charge on any atom is 0.407 e. The Morgan fingerprint density at radius 1 is 0.771 bits per heavy atom. The van der Waals surface area contributed by atoms with E-state index >= 15 is 0 Å². The average Bonchev–Trinajstić information content (AvgIpc) is 3.88. The van der Waals surface area contributed by atoms with Crippen molar-refractivity contribution in [2.24, 2.45) is 11.8 Å². The molecule has 0 spiro atoms. The molecule has 2 aliphatic rings. The van der Waals surface area contributed by atoms with Crippen LogP contribution in [0.4, 0.5) is 4.79 Å². The van der Waals surface area contributed by atoms with Gasteiger partial charge in [-0.25, -0.2) is 14.7 Å². The molecule has 5 amide bonds. The van der Waals surface area contributed by atoms with Gasteiger partial charge in [0.1, 0.15) is 12.6 Å². The van der Waals surface area contributed by atoms with E-state index < -0.39 is 72.3 Å². The van der Waals surface area contributed by atoms with E-state index in [1.165, 1.54) is 17.6 Å². The average molecular weight is 966 g/mol. The van der Waals surface area contributed by atoms with E-state index in [-0.39, 0.29) is 50.5 Å². The molecule has 0 unspecified atom stereocenters. The molecule has 16 heteroatoms. The van der Waals surface area contributed by atoms with E-state index in [0.29, 0.717) is 50.6 Å². The zero-order chi connectivity index (χ0) is 50.4. The van der Waals surface area contributed by atoms with E-state index in [2.05, 4.69) is 51.9 Å². The number of aryl methyl sites for hydroxylation is 1. The predicted octanol–water partition coefficient (Wildman–Crippen LogP) is 7.06. The molecule has 0 aliphatic carbocycles. The third kappa shape index (κ3) is 16.6. The topological polar surface area (TPSA) is 207 Å². The van der Waals surface area contributed by atoms with Crippen molar-refractivity contribution >= 4 is 47.3 Å². The summed E-state index contributed by atoms with van der Waals surface area (Å²) in [5.41, 5.74) is 4.47. The Kier molecular flexibility index (Phi) is 22.0. The van der Waals surface area contributed by atoms with Crippen LogP contribution in [0.3, 0.4) is 0 Å². The minimum atomic E-state index is -0.981. The van der Waals surface area contributed by atoms with Crippen molar-refractivity contribution < 1.29 is 52.7 Å². The lowest BCUT2D eigenvalue weighted by Gasteiger charge is -2.36. The molecule has 3 aromatic rings. The van der Waals surface area contributed by atoms with Crippen molar-refractivity contribution in [2.75, 3.05) is 33.4 Å². The molecule has 70 heavy (non-hydrogen) atoms. The Balaban J connectivity index is 1.20. The van der Waals surface area contributed by atoms with Crippen LogP contribution in [0.1, 0.15) is 126 Å². The van der Waals surface area contributed by atoms with Crippen molar-refractivity contribution in [2.45, 2.75) is 135 Å². The van der Waals surface area contributed by atoms with Crippen LogP contribution < -0.4 is 16.0 Å². The quantitative estimate of drug-likeness (QED) is 0.0365. The van der Waals surface area contributed by atoms with Gasteiger partial charge in [-0.05, 0) is 85.8 Å². The second-order valence-corrected chi connectivity index (χ2v) is 18.3. The zero-order valence-corrected chi connectivity index (χ0v) is 41.2. The van der Waals surface area contributed by atoms with Gasteiger partial charge in [-0.15, -0.1) is 0 Å². The van der Waals surface area contributed by atoms with Gasteiger partial charge in [-0.2, -0.15) is 0 Å². The third-order valence-electron chi connectivity index (χ3n) is 12.9. The number of carbonyl (C=O) groups excluding carboxylic acids is 8. The standard InChI is InChI=1S/C54H71N5O11/c1-5-7-10-19-44(47(60)33-43-34-59(52(43)65)70-36-49(62)68-4)56-50(63)37(3)32-48(61)46-21-15-31-58(46)53(66)45(20-13-14-30-55-54(67)69-35-39-17-11-9-12-18-39)57-51(64)42-28-26-41(27-29-42)40-24-22-38(23-25-40)16-8-6-2/h9,11-12,17-18,22-29,37,43-46H,5-8,10,13-16,19-21,30-36H2,1-4H3,(H,55,67)(H,56,63)(H,57,64)/t37-,43-,44+,45+,46+/m1/s1. The maximum absolute atomic E-state index is 14.5. The van der Waals surface area contributed by atoms with Crippen LogP contribution in [-0.4, -0.2) is 109 Å². The number of ether oxygens (including phenoxy) is 2. The van der Waals surface area contributed by atoms with Crippen molar-refractivity contribution in [3.05, 3.63) is 95.6 Å². The highest BCUT2D eigenvalue weighted by atomic mass is 16.7. The highest BCUT2D eigenvalue weighted by Crippen LogP contribution is 2.26. The molecular weight excluding hydrogens is 895 g/mol. The number of methoxy groups -OCH3 is 1. The number of hydroxylamine groups is 2. The lowest BCUT2D eigenvalue weighted by atomic mass is 9.90. The SMILES string of the molecule is CCCCC[C@H](NC(=O)[C@H](C)CC(=O)[C@@H]1CCCN1C(=O)[C@H](CCCCNC(=O)OCc1ccccc1)NC(=O)c1ccc(-c2ccc(CCCC)cc2)cc1)C(=O)C[C@@H]1CN(OCC(=O)OC)C1=O. The van der Waals surface area contributed by atoms with Gasteiger partial charge in [-0.1, -0.05) is 113 Å². The highest BCUT2D eigenvalue weighted by Gasteiger charge is 2.42. The highest BCUT2D eigenvalue weighted by molar-refractivity contribution is 6.00. The lowest BCUT2D eigenvalue weighted by Crippen LogP contribution is -2.54. The number of alkyl carbamates (subject to hydrolysis) is 1. The van der Waals surface area contributed by atoms with Crippen LogP contribution in [0.5, 0.6) is 0 Å². The summed E-state index contributed by atoms with van der Waals surface area (Å²) >= 11 is 0. The monoisotopic (exact) mass is 966 g/mol. The van der Waals surface area contributed by atoms with Crippen molar-refractivity contribution in [3.63, 3.8) is 0 Å². The number of unbranched alkanes of at least 4 members (excludes halogenated alkanes) is 4. The summed E-state index contributed by atoms with van der Waals surface area (Å²) in [6.07, 6.45) is 7.29. The van der Waals surface area contributed by atoms with Gasteiger partial charge in [0.05, 0.1) is 31.7 Å². The normalized spacial score (nSPS) is 16.6. The van der Waals surface area contributed by atoms with Gasteiger partial charge in [0, 0.05) is 37.4 Å². The van der Waals surface area contributed by atoms with Crippen LogP contribution in [0.25, 0.3) is 11.1 Å². The Bertz CT molecular complexity index is 2220. The summed E-state index contributed by atoms with van der Waals surface area (Å²) < 4.78 is 9.85. The molecular formula is C54H71N5O11. The molecule has 0 bridgehead atoms. The van der Waals surface area contributed by atoms with E-state index in [0.717, 1.165) is 53.9 Å². The Labute approximate surface area is 411 Å². The minimum Gasteiger partial charge on any atom is -0.467 e. The Morgan fingerprint density at radius 3 is 2.11 bits per heavy atom. The number of benzene rings is 3. The molecule has 5 atom stereocenters. The number of hydrogen-bond donors (Lipinski definition) is 3. The van der Waals surface area contributed by atoms with Crippen molar-refractivity contribution in [1.29, 1.82) is 0 Å². The molecule has 16 nitrogen and oxygen atoms in total. The number of hydrogen-bond acceptors (Lipinski definition) is 11. The summed E-state index contributed by atoms with van der Waals surface area (Å²) in [4.78, 5) is 113. The first-order valence-corrected chi connectivity index (χ1v) is 24.9. The number of nitrogens with one attached hydrogen (secondary N) is 3. The summed E-state index contributed by atoms with van der Waals surface area (Å²) in [5, 5.41) is 9.55. The molecule has 2 fully saturated rings. The molecule has 3 N–H and O–H groups in total. The Hall–Kier alpha value is -6.42. The van der Waals surface area contributed by atoms with E-state index in [9.17, 15) is 38.4 Å². The number of carbonyl (C=O) groups is 8. The largest absolute Gasteiger partial charge is 0.467 e. The van der Waals surface area contributed by atoms with Gasteiger partial charge in [0.2, 0.25) is 11.8 Å². The molecule has 378 valence electrons. The van der Waals surface area contributed by atoms with Gasteiger partial charge in [0.25, 0.3) is 11.8 Å². The minimum absolute atomic E-state index is 0.116. The third-order valence-corrected chi connectivity index (χ3v) is 12.9. The molecule has 0 aromatic heterocycles. The first-order valence-electron chi connectivity index (χ1n) is 24.9. The molecule has 3 aromatic carbocycles. The maximum atomic E-state index is 14.5. The molecule has 0 radical (unpaired) electrons. The second-order valence-electron chi connectivity index (χ2n) is 18.3. The fourth-order valence-corrected chi connectivity index (χ4v) is 8.62. The summed E-state index contributed by atoms with van der Waals surface area (Å²) in [7, 11) is 1.20. The van der Waals surface area contributed by atoms with Gasteiger partial charge < -0.3 is 30.3 Å². The molecule has 2 heterocycles. The summed E-state index contributed by atoms with van der Waals surface area (Å²) in [6, 6.07) is 22.3. The predicted molar refractivity (Wildman–Crippen MR) is 263 cm³/mol. The summed E-state index contributed by atoms with van der Waals surface area (Å²) in [6.45, 7) is 6.18. The molecule has 0 saturated carbocycles. The van der Waals surface area contributed by atoms with E-state index in [1.54, 1.807) is 19.1 Å². The smallest absolute Gasteiger partial charge is 0.407 e. The molecule has 2 aliphatic heterocycles. The fourth-order valence-electron chi connectivity index (χ4n) is 8.62. The zero-order valence-electron chi connectivity index (χ0n) is 41.2. The number of likely N-dealkylation sites (tertiary alicyclic amines) is 1. The first kappa shape index (κ1) is 54.5. The molecule has 5 rings (SSSR count). The van der Waals surface area contributed by atoms with Crippen molar-refractivity contribution in [1.82, 2.24) is 25.9 Å². The Morgan fingerprint density at radius 2 is 1.44 bits per heavy atom. The van der Waals surface area contributed by atoms with Gasteiger partial charge >= 0.3 is 12.1 Å². The van der Waals surface area contributed by atoms with Gasteiger partial charge in [-0.3, -0.25) is 33.6 Å². The van der Waals surface area contributed by atoms with Crippen LogP contribution in [0.2, 0.25) is 0 Å². The molecule has 2 saturated heterocycles. The lowest BCUT2D eigenvalue weighted by molar-refractivity contribution is -0.223. The second kappa shape index (κ2) is 28.3. The number of rotatable bonds is 29. The number of ketones is 2. The van der Waals surface area contributed by atoms with E-state index in [4.69, 9.17) is 9.57 Å². The van der Waals surface area contributed by atoms with Crippen LogP contribution in [-0.2, 0) is 56.1 Å². The van der Waals surface area contributed by atoms with Crippen LogP contribution in [0.15, 0.2) is 78.9 Å². The number of nitrogens with zero attached hydrogens (tertiary/aromatic N) is 2. The number of Topliss-reactive ketones (excluding diaryl/α,β-unsaturated/α-hetero) is 2.